The summed E-state index contributed by atoms with van der Waals surface area (Å²) in [5.74, 6) is -0.152. The average Bonchev–Trinajstić information content (AvgIpc) is 2.59. The van der Waals surface area contributed by atoms with Gasteiger partial charge in [-0.2, -0.15) is 5.10 Å². The monoisotopic (exact) mass is 243 g/mol. The first-order chi connectivity index (χ1) is 7.54. The Morgan fingerprint density at radius 1 is 1.62 bits per heavy atom. The first kappa shape index (κ1) is 11.6. The zero-order valence-corrected chi connectivity index (χ0v) is 9.83. The van der Waals surface area contributed by atoms with Crippen LogP contribution in [0.25, 0.3) is 0 Å². The molecule has 1 aromatic rings. The third-order valence-corrected chi connectivity index (χ3v) is 3.22. The number of carbonyl (C=O) groups is 1. The lowest BCUT2D eigenvalue weighted by Gasteiger charge is -2.31. The first-order valence-electron chi connectivity index (χ1n) is 5.13. The van der Waals surface area contributed by atoms with Gasteiger partial charge in [-0.05, 0) is 12.8 Å². The third-order valence-electron chi connectivity index (χ3n) is 2.95. The zero-order chi connectivity index (χ0) is 11.8. The summed E-state index contributed by atoms with van der Waals surface area (Å²) >= 11 is 5.93. The molecule has 0 spiro atoms. The van der Waals surface area contributed by atoms with Crippen LogP contribution in [0.5, 0.6) is 0 Å². The summed E-state index contributed by atoms with van der Waals surface area (Å²) in [7, 11) is 1.68. The predicted molar refractivity (Wildman–Crippen MR) is 59.5 cm³/mol. The number of ketones is 1. The highest BCUT2D eigenvalue weighted by molar-refractivity contribution is 6.34. The molecular weight excluding hydrogens is 230 g/mol. The number of aryl methyl sites for hydroxylation is 1. The van der Waals surface area contributed by atoms with Crippen LogP contribution in [-0.4, -0.2) is 34.3 Å². The molecule has 0 aromatic carbocycles. The Hall–Kier alpha value is -0.910. The number of carbonyl (C=O) groups excluding carboxylic acids is 1. The van der Waals surface area contributed by atoms with Crippen molar-refractivity contribution < 1.29 is 9.53 Å². The summed E-state index contributed by atoms with van der Waals surface area (Å²) in [5.41, 5.74) is 5.62. The van der Waals surface area contributed by atoms with Gasteiger partial charge in [0, 0.05) is 20.3 Å². The molecule has 1 aliphatic heterocycles. The van der Waals surface area contributed by atoms with Crippen molar-refractivity contribution in [3.05, 3.63) is 16.9 Å². The van der Waals surface area contributed by atoms with Gasteiger partial charge >= 0.3 is 0 Å². The van der Waals surface area contributed by atoms with E-state index in [0.29, 0.717) is 36.8 Å². The van der Waals surface area contributed by atoms with Crippen molar-refractivity contribution >= 4 is 17.4 Å². The SMILES string of the molecule is Cn1ncc(Cl)c1C(=O)C1(N)CCOCC1. The lowest BCUT2D eigenvalue weighted by atomic mass is 9.85. The standard InChI is InChI=1S/C10H14ClN3O2/c1-14-8(7(11)6-13-14)9(15)10(12)2-4-16-5-3-10/h6H,2-5,12H2,1H3. The molecule has 1 aromatic heterocycles. The second kappa shape index (κ2) is 4.16. The smallest absolute Gasteiger partial charge is 0.202 e. The van der Waals surface area contributed by atoms with Crippen molar-refractivity contribution in [1.29, 1.82) is 0 Å². The van der Waals surface area contributed by atoms with Crippen LogP contribution in [0, 0.1) is 0 Å². The van der Waals surface area contributed by atoms with E-state index in [2.05, 4.69) is 5.10 Å². The molecule has 1 fully saturated rings. The van der Waals surface area contributed by atoms with E-state index >= 15 is 0 Å². The van der Waals surface area contributed by atoms with Crippen molar-refractivity contribution in [2.45, 2.75) is 18.4 Å². The number of nitrogens with two attached hydrogens (primary N) is 1. The fraction of sp³-hybridized carbons (Fsp3) is 0.600. The van der Waals surface area contributed by atoms with Gasteiger partial charge in [0.1, 0.15) is 5.69 Å². The minimum Gasteiger partial charge on any atom is -0.381 e. The Bertz CT molecular complexity index is 391. The lowest BCUT2D eigenvalue weighted by molar-refractivity contribution is 0.0442. The Kier molecular flexibility index (Phi) is 3.01. The number of nitrogens with zero attached hydrogens (tertiary/aromatic N) is 2. The molecule has 0 radical (unpaired) electrons. The number of hydrogen-bond donors (Lipinski definition) is 1. The Morgan fingerprint density at radius 3 is 2.75 bits per heavy atom. The van der Waals surface area contributed by atoms with Crippen LogP contribution in [0.1, 0.15) is 23.3 Å². The molecule has 88 valence electrons. The van der Waals surface area contributed by atoms with E-state index in [-0.39, 0.29) is 5.78 Å². The fourth-order valence-electron chi connectivity index (χ4n) is 1.86. The van der Waals surface area contributed by atoms with Crippen molar-refractivity contribution in [3.63, 3.8) is 0 Å². The average molecular weight is 244 g/mol. The van der Waals surface area contributed by atoms with Crippen LogP contribution in [0.3, 0.4) is 0 Å². The Labute approximate surface area is 98.5 Å². The van der Waals surface area contributed by atoms with E-state index in [0.717, 1.165) is 0 Å². The van der Waals surface area contributed by atoms with E-state index in [1.54, 1.807) is 7.05 Å². The summed E-state index contributed by atoms with van der Waals surface area (Å²) < 4.78 is 6.67. The second-order valence-electron chi connectivity index (χ2n) is 4.06. The topological polar surface area (TPSA) is 70.1 Å². The van der Waals surface area contributed by atoms with Crippen molar-refractivity contribution in [2.75, 3.05) is 13.2 Å². The minimum atomic E-state index is -0.865. The van der Waals surface area contributed by atoms with Crippen LogP contribution >= 0.6 is 11.6 Å². The number of Topliss-reactive ketones (excluding diaryl/α,β-unsaturated/α-hetero) is 1. The molecule has 1 saturated heterocycles. The Balaban J connectivity index is 2.31. The minimum absolute atomic E-state index is 0.152. The van der Waals surface area contributed by atoms with Gasteiger partial charge < -0.3 is 10.5 Å². The molecule has 0 aliphatic carbocycles. The van der Waals surface area contributed by atoms with Crippen molar-refractivity contribution in [2.24, 2.45) is 12.8 Å². The molecule has 5 nitrogen and oxygen atoms in total. The second-order valence-corrected chi connectivity index (χ2v) is 4.47. The maximum atomic E-state index is 12.3. The maximum absolute atomic E-state index is 12.3. The molecule has 2 rings (SSSR count). The van der Waals surface area contributed by atoms with Crippen LogP contribution in [0.4, 0.5) is 0 Å². The van der Waals surface area contributed by atoms with E-state index in [1.807, 2.05) is 0 Å². The zero-order valence-electron chi connectivity index (χ0n) is 9.07. The highest BCUT2D eigenvalue weighted by Gasteiger charge is 2.38. The molecule has 0 unspecified atom stereocenters. The molecule has 2 N–H and O–H groups in total. The van der Waals surface area contributed by atoms with Crippen LogP contribution < -0.4 is 5.73 Å². The molecule has 0 saturated carbocycles. The molecule has 1 aliphatic rings. The van der Waals surface area contributed by atoms with Gasteiger partial charge in [-0.15, -0.1) is 0 Å². The van der Waals surface area contributed by atoms with Gasteiger partial charge in [0.25, 0.3) is 0 Å². The van der Waals surface area contributed by atoms with Crippen molar-refractivity contribution in [3.8, 4) is 0 Å². The number of rotatable bonds is 2. The van der Waals surface area contributed by atoms with Gasteiger partial charge in [-0.25, -0.2) is 0 Å². The largest absolute Gasteiger partial charge is 0.381 e. The predicted octanol–water partition coefficient (Wildman–Crippen LogP) is 0.764. The lowest BCUT2D eigenvalue weighted by Crippen LogP contribution is -2.52. The van der Waals surface area contributed by atoms with E-state index in [9.17, 15) is 4.79 Å². The summed E-state index contributed by atoms with van der Waals surface area (Å²) in [6, 6.07) is 0. The highest BCUT2D eigenvalue weighted by atomic mass is 35.5. The van der Waals surface area contributed by atoms with E-state index in [1.165, 1.54) is 10.9 Å². The number of hydrogen-bond acceptors (Lipinski definition) is 4. The number of aromatic nitrogens is 2. The molecule has 0 bridgehead atoms. The molecule has 0 amide bonds. The fourth-order valence-corrected chi connectivity index (χ4v) is 2.12. The van der Waals surface area contributed by atoms with Gasteiger partial charge in [0.15, 0.2) is 0 Å². The van der Waals surface area contributed by atoms with Crippen LogP contribution in [0.2, 0.25) is 5.02 Å². The van der Waals surface area contributed by atoms with Crippen LogP contribution in [-0.2, 0) is 11.8 Å². The number of ether oxygens (including phenoxy) is 1. The van der Waals surface area contributed by atoms with Gasteiger partial charge in [-0.1, -0.05) is 11.6 Å². The number of halogens is 1. The van der Waals surface area contributed by atoms with Gasteiger partial charge in [0.2, 0.25) is 5.78 Å². The quantitative estimate of drug-likeness (QED) is 0.779. The van der Waals surface area contributed by atoms with Crippen molar-refractivity contribution in [1.82, 2.24) is 9.78 Å². The van der Waals surface area contributed by atoms with E-state index < -0.39 is 5.54 Å². The maximum Gasteiger partial charge on any atom is 0.202 e. The molecular formula is C10H14ClN3O2. The molecule has 2 heterocycles. The Morgan fingerprint density at radius 2 is 2.25 bits per heavy atom. The summed E-state index contributed by atoms with van der Waals surface area (Å²) in [4.78, 5) is 12.3. The summed E-state index contributed by atoms with van der Waals surface area (Å²) in [6.45, 7) is 1.02. The third kappa shape index (κ3) is 1.86. The first-order valence-corrected chi connectivity index (χ1v) is 5.51. The highest BCUT2D eigenvalue weighted by Crippen LogP contribution is 2.26. The summed E-state index contributed by atoms with van der Waals surface area (Å²) in [6.07, 6.45) is 2.50. The van der Waals surface area contributed by atoms with Gasteiger partial charge in [0.05, 0.1) is 16.8 Å². The van der Waals surface area contributed by atoms with Gasteiger partial charge in [-0.3, -0.25) is 9.48 Å². The summed E-state index contributed by atoms with van der Waals surface area (Å²) in [5, 5.41) is 4.29. The van der Waals surface area contributed by atoms with Crippen LogP contribution in [0.15, 0.2) is 6.20 Å². The van der Waals surface area contributed by atoms with E-state index in [4.69, 9.17) is 22.1 Å². The molecule has 6 heteroatoms. The molecule has 16 heavy (non-hydrogen) atoms. The normalized spacial score (nSPS) is 19.7. The molecule has 0 atom stereocenters.